The number of hydrogen-bond acceptors (Lipinski definition) is 5. The minimum Gasteiger partial charge on any atom is -0.264 e. The lowest BCUT2D eigenvalue weighted by atomic mass is 10.2. The quantitative estimate of drug-likeness (QED) is 0.567. The Morgan fingerprint density at radius 3 is 2.76 bits per heavy atom. The van der Waals surface area contributed by atoms with Crippen molar-refractivity contribution in [1.82, 2.24) is 24.8 Å². The molecule has 1 aromatic carbocycles. The summed E-state index contributed by atoms with van der Waals surface area (Å²) in [4.78, 5) is 4.83. The van der Waals surface area contributed by atoms with Gasteiger partial charge in [0.25, 0.3) is 0 Å². The fourth-order valence-electron chi connectivity index (χ4n) is 2.04. The Morgan fingerprint density at radius 2 is 1.95 bits per heavy atom. The summed E-state index contributed by atoms with van der Waals surface area (Å²) in [5.74, 6) is 0.674. The highest BCUT2D eigenvalue weighted by molar-refractivity contribution is 7.19. The summed E-state index contributed by atoms with van der Waals surface area (Å²) in [6, 6.07) is 11.4. The maximum atomic E-state index is 6.22. The molecule has 0 radical (unpaired) electrons. The zero-order valence-electron chi connectivity index (χ0n) is 10.6. The van der Waals surface area contributed by atoms with Gasteiger partial charge in [-0.15, -0.1) is 10.2 Å². The molecule has 0 aliphatic heterocycles. The lowest BCUT2D eigenvalue weighted by Gasteiger charge is -1.98. The zero-order chi connectivity index (χ0) is 14.2. The van der Waals surface area contributed by atoms with Crippen LogP contribution in [-0.2, 0) is 0 Å². The second kappa shape index (κ2) is 4.91. The van der Waals surface area contributed by atoms with Crippen molar-refractivity contribution in [3.8, 4) is 22.0 Å². The molecular formula is C14H8ClN5S. The number of pyridine rings is 1. The first kappa shape index (κ1) is 12.4. The van der Waals surface area contributed by atoms with Crippen molar-refractivity contribution in [3.05, 3.63) is 53.8 Å². The summed E-state index contributed by atoms with van der Waals surface area (Å²) in [7, 11) is 0. The Balaban J connectivity index is 1.89. The number of nitrogens with zero attached hydrogens (tertiary/aromatic N) is 5. The van der Waals surface area contributed by atoms with E-state index in [4.69, 9.17) is 11.6 Å². The Bertz CT molecular complexity index is 915. The number of benzene rings is 1. The van der Waals surface area contributed by atoms with Crippen LogP contribution in [0.4, 0.5) is 0 Å². The summed E-state index contributed by atoms with van der Waals surface area (Å²) in [6.07, 6.45) is 3.46. The Morgan fingerprint density at radius 1 is 1.05 bits per heavy atom. The second-order valence-corrected chi connectivity index (χ2v) is 5.71. The molecule has 0 aliphatic carbocycles. The first-order valence-electron chi connectivity index (χ1n) is 6.20. The minimum absolute atomic E-state index is 0.672. The topological polar surface area (TPSA) is 56.0 Å². The van der Waals surface area contributed by atoms with Crippen LogP contribution in [-0.4, -0.2) is 24.8 Å². The van der Waals surface area contributed by atoms with Crippen molar-refractivity contribution in [2.75, 3.05) is 0 Å². The molecule has 0 N–H and O–H groups in total. The van der Waals surface area contributed by atoms with Crippen LogP contribution in [0.1, 0.15) is 0 Å². The third-order valence-corrected chi connectivity index (χ3v) is 4.28. The van der Waals surface area contributed by atoms with Crippen LogP contribution in [0.2, 0.25) is 5.02 Å². The molecule has 0 saturated heterocycles. The largest absolute Gasteiger partial charge is 0.264 e. The average molecular weight is 314 g/mol. The Labute approximate surface area is 128 Å². The van der Waals surface area contributed by atoms with Gasteiger partial charge >= 0.3 is 0 Å². The molecule has 21 heavy (non-hydrogen) atoms. The van der Waals surface area contributed by atoms with Gasteiger partial charge < -0.3 is 0 Å². The lowest BCUT2D eigenvalue weighted by molar-refractivity contribution is 0.969. The zero-order valence-corrected chi connectivity index (χ0v) is 12.2. The van der Waals surface area contributed by atoms with Crippen molar-refractivity contribution < 1.29 is 0 Å². The summed E-state index contributed by atoms with van der Waals surface area (Å²) in [6.45, 7) is 0. The SMILES string of the molecule is Clc1ccccc1-c1nn2c(-c3cccnc3)nnc2s1. The third-order valence-electron chi connectivity index (χ3n) is 3.01. The van der Waals surface area contributed by atoms with Gasteiger partial charge in [-0.3, -0.25) is 4.98 Å². The smallest absolute Gasteiger partial charge is 0.235 e. The molecule has 0 atom stereocenters. The molecule has 0 fully saturated rings. The van der Waals surface area contributed by atoms with Crippen molar-refractivity contribution in [3.63, 3.8) is 0 Å². The number of aromatic nitrogens is 5. The van der Waals surface area contributed by atoms with E-state index in [-0.39, 0.29) is 0 Å². The molecule has 4 aromatic rings. The van der Waals surface area contributed by atoms with Crippen molar-refractivity contribution in [1.29, 1.82) is 0 Å². The molecule has 3 heterocycles. The second-order valence-electron chi connectivity index (χ2n) is 4.35. The molecule has 0 aliphatic rings. The molecule has 0 unspecified atom stereocenters. The maximum absolute atomic E-state index is 6.22. The first-order valence-corrected chi connectivity index (χ1v) is 7.40. The van der Waals surface area contributed by atoms with Gasteiger partial charge in [-0.05, 0) is 18.2 Å². The summed E-state index contributed by atoms with van der Waals surface area (Å²) >= 11 is 7.67. The highest BCUT2D eigenvalue weighted by Crippen LogP contribution is 2.32. The van der Waals surface area contributed by atoms with Crippen LogP contribution in [0.5, 0.6) is 0 Å². The van der Waals surface area contributed by atoms with Crippen LogP contribution in [0.15, 0.2) is 48.8 Å². The van der Waals surface area contributed by atoms with E-state index in [0.717, 1.165) is 21.1 Å². The molecule has 0 amide bonds. The maximum Gasteiger partial charge on any atom is 0.235 e. The molecule has 0 bridgehead atoms. The number of fused-ring (bicyclic) bond motifs is 1. The van der Waals surface area contributed by atoms with Crippen LogP contribution < -0.4 is 0 Å². The third kappa shape index (κ3) is 2.09. The predicted molar refractivity (Wildman–Crippen MR) is 82.3 cm³/mol. The van der Waals surface area contributed by atoms with E-state index in [1.54, 1.807) is 16.9 Å². The van der Waals surface area contributed by atoms with E-state index in [0.29, 0.717) is 10.8 Å². The number of rotatable bonds is 2. The van der Waals surface area contributed by atoms with E-state index in [1.807, 2.05) is 36.4 Å². The van der Waals surface area contributed by atoms with Crippen LogP contribution in [0.3, 0.4) is 0 Å². The number of halogens is 1. The van der Waals surface area contributed by atoms with Crippen molar-refractivity contribution in [2.45, 2.75) is 0 Å². The highest BCUT2D eigenvalue weighted by atomic mass is 35.5. The van der Waals surface area contributed by atoms with E-state index < -0.39 is 0 Å². The van der Waals surface area contributed by atoms with Crippen LogP contribution in [0.25, 0.3) is 26.9 Å². The average Bonchev–Trinajstić information content (AvgIpc) is 3.08. The minimum atomic E-state index is 0.672. The molecular weight excluding hydrogens is 306 g/mol. The predicted octanol–water partition coefficient (Wildman–Crippen LogP) is 3.57. The molecule has 4 rings (SSSR count). The molecule has 102 valence electrons. The Kier molecular flexibility index (Phi) is 2.90. The van der Waals surface area contributed by atoms with E-state index >= 15 is 0 Å². The van der Waals surface area contributed by atoms with Crippen molar-refractivity contribution >= 4 is 27.9 Å². The monoisotopic (exact) mass is 313 g/mol. The van der Waals surface area contributed by atoms with Gasteiger partial charge in [0, 0.05) is 23.5 Å². The van der Waals surface area contributed by atoms with Gasteiger partial charge in [0.05, 0.1) is 5.02 Å². The van der Waals surface area contributed by atoms with Gasteiger partial charge in [-0.25, -0.2) is 0 Å². The van der Waals surface area contributed by atoms with Gasteiger partial charge in [-0.2, -0.15) is 9.61 Å². The van der Waals surface area contributed by atoms with Gasteiger partial charge in [-0.1, -0.05) is 41.1 Å². The lowest BCUT2D eigenvalue weighted by Crippen LogP contribution is -1.91. The summed E-state index contributed by atoms with van der Waals surface area (Å²) in [5, 5.41) is 14.4. The molecule has 3 aromatic heterocycles. The van der Waals surface area contributed by atoms with Gasteiger partial charge in [0.15, 0.2) is 5.82 Å². The fourth-order valence-corrected chi connectivity index (χ4v) is 3.20. The summed E-state index contributed by atoms with van der Waals surface area (Å²) in [5.41, 5.74) is 1.77. The standard InChI is InChI=1S/C14H8ClN5S/c15-11-6-2-1-5-10(11)13-19-20-12(17-18-14(20)21-13)9-4-3-7-16-8-9/h1-8H. The van der Waals surface area contributed by atoms with Crippen LogP contribution in [0, 0.1) is 0 Å². The molecule has 7 heteroatoms. The van der Waals surface area contributed by atoms with E-state index in [1.165, 1.54) is 11.3 Å². The van der Waals surface area contributed by atoms with Crippen LogP contribution >= 0.6 is 22.9 Å². The first-order chi connectivity index (χ1) is 10.3. The van der Waals surface area contributed by atoms with Gasteiger partial charge in [0.1, 0.15) is 5.01 Å². The Hall–Kier alpha value is -2.31. The molecule has 0 saturated carbocycles. The summed E-state index contributed by atoms with van der Waals surface area (Å²) < 4.78 is 1.72. The van der Waals surface area contributed by atoms with E-state index in [9.17, 15) is 0 Å². The molecule has 0 spiro atoms. The molecule has 5 nitrogen and oxygen atoms in total. The van der Waals surface area contributed by atoms with Gasteiger partial charge in [0.2, 0.25) is 4.96 Å². The van der Waals surface area contributed by atoms with E-state index in [2.05, 4.69) is 20.3 Å². The number of hydrogen-bond donors (Lipinski definition) is 0. The highest BCUT2D eigenvalue weighted by Gasteiger charge is 2.15. The fraction of sp³-hybridized carbons (Fsp3) is 0. The normalized spacial score (nSPS) is 11.1. The van der Waals surface area contributed by atoms with Crippen molar-refractivity contribution in [2.24, 2.45) is 0 Å².